The van der Waals surface area contributed by atoms with Crippen LogP contribution < -0.4 is 5.73 Å². The number of ether oxygens (including phenoxy) is 3. The molecule has 5 heteroatoms. The van der Waals surface area contributed by atoms with Gasteiger partial charge in [-0.2, -0.15) is 0 Å². The quantitative estimate of drug-likeness (QED) is 0.629. The molecule has 0 amide bonds. The highest BCUT2D eigenvalue weighted by Crippen LogP contribution is 2.39. The van der Waals surface area contributed by atoms with Gasteiger partial charge in [0.05, 0.1) is 25.9 Å². The van der Waals surface area contributed by atoms with Gasteiger partial charge >= 0.3 is 5.97 Å². The highest BCUT2D eigenvalue weighted by molar-refractivity contribution is 4.91. The molecule has 0 aromatic heterocycles. The monoisotopic (exact) mass is 203 g/mol. The molecule has 0 aromatic carbocycles. The van der Waals surface area contributed by atoms with Crippen LogP contribution in [0.4, 0.5) is 0 Å². The fourth-order valence-electron chi connectivity index (χ4n) is 1.66. The van der Waals surface area contributed by atoms with Crippen LogP contribution in [-0.4, -0.2) is 43.0 Å². The first kappa shape index (κ1) is 10.3. The Bertz CT molecular complexity index is 206. The average molecular weight is 203 g/mol. The standard InChI is InChI=1S/C9H17NO4/c1-6(11)7(10)9-12-3-8(2,4-13-9)5-14-9/h6-7,11H,3-5,10H2,1-2H3/t6-,7-,8?,9?/m0/s1. The van der Waals surface area contributed by atoms with E-state index in [1.165, 1.54) is 0 Å². The summed E-state index contributed by atoms with van der Waals surface area (Å²) >= 11 is 0. The lowest BCUT2D eigenvalue weighted by atomic mass is 9.91. The first-order valence-corrected chi connectivity index (χ1v) is 4.83. The van der Waals surface area contributed by atoms with Crippen LogP contribution in [0.5, 0.6) is 0 Å². The van der Waals surface area contributed by atoms with Gasteiger partial charge in [-0.25, -0.2) is 0 Å². The molecule has 0 aromatic rings. The van der Waals surface area contributed by atoms with Gasteiger partial charge in [-0.05, 0) is 6.92 Å². The second-order valence-corrected chi connectivity index (χ2v) is 4.55. The lowest BCUT2D eigenvalue weighted by molar-refractivity contribution is -0.475. The van der Waals surface area contributed by atoms with Crippen molar-refractivity contribution in [1.82, 2.24) is 0 Å². The third-order valence-corrected chi connectivity index (χ3v) is 2.79. The summed E-state index contributed by atoms with van der Waals surface area (Å²) in [5.74, 6) is -1.23. The van der Waals surface area contributed by atoms with Crippen molar-refractivity contribution < 1.29 is 19.3 Å². The summed E-state index contributed by atoms with van der Waals surface area (Å²) in [6, 6.07) is -0.674. The molecule has 0 aliphatic carbocycles. The molecule has 3 rings (SSSR count). The van der Waals surface area contributed by atoms with E-state index in [0.29, 0.717) is 19.8 Å². The number of aliphatic hydroxyl groups excluding tert-OH is 1. The van der Waals surface area contributed by atoms with E-state index in [9.17, 15) is 5.11 Å². The zero-order valence-corrected chi connectivity index (χ0v) is 8.53. The van der Waals surface area contributed by atoms with Crippen LogP contribution in [-0.2, 0) is 14.2 Å². The maximum Gasteiger partial charge on any atom is 0.301 e. The summed E-state index contributed by atoms with van der Waals surface area (Å²) in [6.07, 6.45) is -0.725. The topological polar surface area (TPSA) is 73.9 Å². The molecular weight excluding hydrogens is 186 g/mol. The molecule has 3 fully saturated rings. The van der Waals surface area contributed by atoms with E-state index in [1.807, 2.05) is 6.92 Å². The highest BCUT2D eigenvalue weighted by Gasteiger charge is 2.54. The van der Waals surface area contributed by atoms with E-state index < -0.39 is 18.1 Å². The van der Waals surface area contributed by atoms with Gasteiger partial charge in [0.2, 0.25) is 0 Å². The van der Waals surface area contributed by atoms with Crippen molar-refractivity contribution >= 4 is 0 Å². The zero-order chi connectivity index (χ0) is 10.4. The molecule has 3 heterocycles. The molecule has 5 nitrogen and oxygen atoms in total. The Morgan fingerprint density at radius 1 is 1.21 bits per heavy atom. The van der Waals surface area contributed by atoms with Gasteiger partial charge in [-0.3, -0.25) is 0 Å². The second-order valence-electron chi connectivity index (χ2n) is 4.55. The molecule has 0 spiro atoms. The Hall–Kier alpha value is -0.200. The summed E-state index contributed by atoms with van der Waals surface area (Å²) in [4.78, 5) is 0. The number of aliphatic hydroxyl groups is 1. The minimum Gasteiger partial charge on any atom is -0.391 e. The zero-order valence-electron chi connectivity index (χ0n) is 8.53. The lowest BCUT2D eigenvalue weighted by Crippen LogP contribution is -2.68. The third kappa shape index (κ3) is 1.45. The fraction of sp³-hybridized carbons (Fsp3) is 1.00. The molecule has 3 aliphatic rings. The normalized spacial score (nSPS) is 46.3. The Balaban J connectivity index is 2.12. The Labute approximate surface area is 83.1 Å². The van der Waals surface area contributed by atoms with Crippen molar-refractivity contribution in [3.05, 3.63) is 0 Å². The number of hydrogen-bond donors (Lipinski definition) is 2. The van der Waals surface area contributed by atoms with Gasteiger partial charge in [0.1, 0.15) is 6.04 Å². The fourth-order valence-corrected chi connectivity index (χ4v) is 1.66. The largest absolute Gasteiger partial charge is 0.391 e. The Morgan fingerprint density at radius 2 is 1.64 bits per heavy atom. The van der Waals surface area contributed by atoms with Gasteiger partial charge in [0, 0.05) is 5.41 Å². The van der Waals surface area contributed by atoms with E-state index >= 15 is 0 Å². The van der Waals surface area contributed by atoms with Crippen molar-refractivity contribution in [3.8, 4) is 0 Å². The summed E-state index contributed by atoms with van der Waals surface area (Å²) < 4.78 is 16.4. The number of hydrogen-bond acceptors (Lipinski definition) is 5. The maximum atomic E-state index is 9.39. The third-order valence-electron chi connectivity index (χ3n) is 2.79. The van der Waals surface area contributed by atoms with Crippen molar-refractivity contribution in [2.24, 2.45) is 11.1 Å². The van der Waals surface area contributed by atoms with Crippen LogP contribution in [0.25, 0.3) is 0 Å². The molecule has 0 saturated carbocycles. The van der Waals surface area contributed by atoms with Gasteiger partial charge in [0.15, 0.2) is 0 Å². The Morgan fingerprint density at radius 3 is 2.00 bits per heavy atom. The van der Waals surface area contributed by atoms with Crippen molar-refractivity contribution in [1.29, 1.82) is 0 Å². The van der Waals surface area contributed by atoms with Crippen LogP contribution in [0.3, 0.4) is 0 Å². The van der Waals surface area contributed by atoms with E-state index in [0.717, 1.165) is 0 Å². The molecule has 14 heavy (non-hydrogen) atoms. The van der Waals surface area contributed by atoms with Gasteiger partial charge in [0.25, 0.3) is 0 Å². The van der Waals surface area contributed by atoms with Crippen LogP contribution in [0.2, 0.25) is 0 Å². The summed E-state index contributed by atoms with van der Waals surface area (Å²) in [6.45, 7) is 5.32. The summed E-state index contributed by atoms with van der Waals surface area (Å²) in [5, 5.41) is 9.39. The first-order valence-electron chi connectivity index (χ1n) is 4.83. The molecular formula is C9H17NO4. The molecule has 3 aliphatic heterocycles. The van der Waals surface area contributed by atoms with E-state index in [4.69, 9.17) is 19.9 Å². The van der Waals surface area contributed by atoms with Crippen molar-refractivity contribution in [3.63, 3.8) is 0 Å². The second kappa shape index (κ2) is 3.15. The SMILES string of the molecule is C[C@H](O)[C@H](N)C12OCC(C)(CO1)CO2. The molecule has 3 saturated heterocycles. The van der Waals surface area contributed by atoms with Gasteiger partial charge in [-0.15, -0.1) is 0 Å². The molecule has 82 valence electrons. The maximum absolute atomic E-state index is 9.39. The smallest absolute Gasteiger partial charge is 0.301 e. The van der Waals surface area contributed by atoms with E-state index in [-0.39, 0.29) is 5.41 Å². The summed E-state index contributed by atoms with van der Waals surface area (Å²) in [5.41, 5.74) is 5.71. The lowest BCUT2D eigenvalue weighted by Gasteiger charge is -2.52. The van der Waals surface area contributed by atoms with E-state index in [2.05, 4.69) is 0 Å². The van der Waals surface area contributed by atoms with Gasteiger partial charge in [-0.1, -0.05) is 6.92 Å². The number of rotatable bonds is 2. The van der Waals surface area contributed by atoms with Crippen LogP contribution >= 0.6 is 0 Å². The Kier molecular flexibility index (Phi) is 2.32. The predicted molar refractivity (Wildman–Crippen MR) is 48.4 cm³/mol. The summed E-state index contributed by atoms with van der Waals surface area (Å²) in [7, 11) is 0. The predicted octanol–water partition coefficient (Wildman–Crippen LogP) is -0.568. The number of nitrogens with two attached hydrogens (primary N) is 1. The highest BCUT2D eigenvalue weighted by atomic mass is 16.9. The minimum absolute atomic E-state index is 0.0693. The van der Waals surface area contributed by atoms with Crippen molar-refractivity contribution in [2.45, 2.75) is 32.0 Å². The first-order chi connectivity index (χ1) is 6.48. The van der Waals surface area contributed by atoms with Gasteiger partial charge < -0.3 is 25.1 Å². The average Bonchev–Trinajstić information content (AvgIpc) is 2.18. The molecule has 0 unspecified atom stereocenters. The number of fused-ring (bicyclic) bond motifs is 3. The van der Waals surface area contributed by atoms with E-state index in [1.54, 1.807) is 6.92 Å². The van der Waals surface area contributed by atoms with Crippen molar-refractivity contribution in [2.75, 3.05) is 19.8 Å². The van der Waals surface area contributed by atoms with Crippen LogP contribution in [0.15, 0.2) is 0 Å². The minimum atomic E-state index is -1.23. The van der Waals surface area contributed by atoms with Crippen LogP contribution in [0, 0.1) is 5.41 Å². The van der Waals surface area contributed by atoms with Crippen LogP contribution in [0.1, 0.15) is 13.8 Å². The molecule has 2 bridgehead atoms. The molecule has 3 N–H and O–H groups in total. The molecule has 2 atom stereocenters. The molecule has 0 radical (unpaired) electrons.